The van der Waals surface area contributed by atoms with Crippen molar-refractivity contribution < 1.29 is 19.4 Å². The van der Waals surface area contributed by atoms with Crippen LogP contribution in [-0.2, 0) is 19.4 Å². The third kappa shape index (κ3) is 3.72. The molecule has 0 bridgehead atoms. The molecular weight excluding hydrogens is 232 g/mol. The maximum Gasteiger partial charge on any atom is 0.361 e. The minimum Gasteiger partial charge on any atom is -0.247 e. The Balaban J connectivity index is 2.28. The summed E-state index contributed by atoms with van der Waals surface area (Å²) in [4.78, 5) is 32.1. The average molecular weight is 256 g/mol. The third-order valence-electron chi connectivity index (χ3n) is 3.70. The quantitative estimate of drug-likeness (QED) is 0.416. The lowest BCUT2D eigenvalue weighted by molar-refractivity contribution is -0.265. The van der Waals surface area contributed by atoms with E-state index in [1.54, 1.807) is 13.8 Å². The number of hydrogen-bond donors (Lipinski definition) is 0. The molecule has 0 aromatic heterocycles. The normalized spacial score (nSPS) is 25.9. The Morgan fingerprint density at radius 1 is 1.28 bits per heavy atom. The van der Waals surface area contributed by atoms with E-state index in [9.17, 15) is 9.59 Å². The minimum atomic E-state index is -0.505. The molecule has 1 fully saturated rings. The molecule has 4 nitrogen and oxygen atoms in total. The van der Waals surface area contributed by atoms with E-state index in [2.05, 4.69) is 16.7 Å². The van der Waals surface area contributed by atoms with Crippen molar-refractivity contribution in [2.75, 3.05) is 0 Å². The van der Waals surface area contributed by atoms with Crippen LogP contribution in [0.25, 0.3) is 0 Å². The van der Waals surface area contributed by atoms with Crippen LogP contribution in [0.4, 0.5) is 0 Å². The standard InChI is InChI=1S/C14H24O4/c1-5-6-7-8-11-9-14(11,4)13(16)18-17-12(15)10(2)3/h10-11H,5-9H2,1-4H3. The zero-order valence-corrected chi connectivity index (χ0v) is 11.8. The lowest BCUT2D eigenvalue weighted by atomic mass is 10.0. The molecule has 0 N–H and O–H groups in total. The summed E-state index contributed by atoms with van der Waals surface area (Å²) in [6, 6.07) is 0. The van der Waals surface area contributed by atoms with E-state index < -0.39 is 17.4 Å². The molecular formula is C14H24O4. The van der Waals surface area contributed by atoms with E-state index in [0.29, 0.717) is 5.92 Å². The van der Waals surface area contributed by atoms with E-state index in [1.807, 2.05) is 6.92 Å². The first-order chi connectivity index (χ1) is 8.41. The maximum absolute atomic E-state index is 11.8. The van der Waals surface area contributed by atoms with Crippen LogP contribution in [0.2, 0.25) is 0 Å². The van der Waals surface area contributed by atoms with E-state index in [4.69, 9.17) is 0 Å². The molecule has 0 amide bonds. The van der Waals surface area contributed by atoms with E-state index in [1.165, 1.54) is 12.8 Å². The number of carbonyl (C=O) groups is 2. The molecule has 2 atom stereocenters. The van der Waals surface area contributed by atoms with Crippen LogP contribution in [0.3, 0.4) is 0 Å². The van der Waals surface area contributed by atoms with Gasteiger partial charge in [0.15, 0.2) is 0 Å². The molecule has 1 saturated carbocycles. The van der Waals surface area contributed by atoms with Crippen LogP contribution >= 0.6 is 0 Å². The second kappa shape index (κ2) is 6.21. The van der Waals surface area contributed by atoms with Gasteiger partial charge in [-0.2, -0.15) is 0 Å². The second-order valence-electron chi connectivity index (χ2n) is 5.74. The van der Waals surface area contributed by atoms with Crippen molar-refractivity contribution in [2.24, 2.45) is 17.3 Å². The van der Waals surface area contributed by atoms with Crippen molar-refractivity contribution in [1.82, 2.24) is 0 Å². The summed E-state index contributed by atoms with van der Waals surface area (Å²) in [5.74, 6) is -0.812. The van der Waals surface area contributed by atoms with Crippen molar-refractivity contribution >= 4 is 11.9 Å². The topological polar surface area (TPSA) is 52.6 Å². The number of carbonyl (C=O) groups excluding carboxylic acids is 2. The second-order valence-corrected chi connectivity index (χ2v) is 5.74. The van der Waals surface area contributed by atoms with Crippen molar-refractivity contribution in [3.8, 4) is 0 Å². The van der Waals surface area contributed by atoms with Gasteiger partial charge in [-0.25, -0.2) is 19.4 Å². The first-order valence-corrected chi connectivity index (χ1v) is 6.84. The summed E-state index contributed by atoms with van der Waals surface area (Å²) in [6.07, 6.45) is 5.42. The predicted molar refractivity (Wildman–Crippen MR) is 67.4 cm³/mol. The molecule has 0 aromatic rings. The zero-order valence-electron chi connectivity index (χ0n) is 11.8. The van der Waals surface area contributed by atoms with Gasteiger partial charge in [-0.05, 0) is 25.7 Å². The SMILES string of the molecule is CCCCCC1CC1(C)C(=O)OOC(=O)C(C)C. The van der Waals surface area contributed by atoms with Gasteiger partial charge in [-0.15, -0.1) is 0 Å². The van der Waals surface area contributed by atoms with Gasteiger partial charge in [0.1, 0.15) is 0 Å². The Morgan fingerprint density at radius 2 is 1.94 bits per heavy atom. The monoisotopic (exact) mass is 256 g/mol. The van der Waals surface area contributed by atoms with Gasteiger partial charge in [-0.3, -0.25) is 0 Å². The Bertz CT molecular complexity index is 311. The zero-order chi connectivity index (χ0) is 13.8. The van der Waals surface area contributed by atoms with Crippen LogP contribution in [0.5, 0.6) is 0 Å². The van der Waals surface area contributed by atoms with Gasteiger partial charge in [0.2, 0.25) is 0 Å². The fraction of sp³-hybridized carbons (Fsp3) is 0.857. The summed E-state index contributed by atoms with van der Waals surface area (Å²) in [5.41, 5.74) is -0.439. The molecule has 0 saturated heterocycles. The number of hydrogen-bond acceptors (Lipinski definition) is 4. The molecule has 2 unspecified atom stereocenters. The van der Waals surface area contributed by atoms with Gasteiger partial charge in [-0.1, -0.05) is 40.0 Å². The molecule has 4 heteroatoms. The molecule has 0 spiro atoms. The Labute approximate surface area is 109 Å². The molecule has 0 aliphatic heterocycles. The number of unbranched alkanes of at least 4 members (excludes halogenated alkanes) is 2. The molecule has 1 rings (SSSR count). The predicted octanol–water partition coefficient (Wildman–Crippen LogP) is 3.25. The van der Waals surface area contributed by atoms with E-state index >= 15 is 0 Å². The highest BCUT2D eigenvalue weighted by Crippen LogP contribution is 2.55. The van der Waals surface area contributed by atoms with Crippen LogP contribution in [-0.4, -0.2) is 11.9 Å². The Kier molecular flexibility index (Phi) is 5.17. The summed E-state index contributed by atoms with van der Waals surface area (Å²) < 4.78 is 0. The van der Waals surface area contributed by atoms with Gasteiger partial charge in [0.25, 0.3) is 0 Å². The maximum atomic E-state index is 11.8. The molecule has 1 aliphatic rings. The smallest absolute Gasteiger partial charge is 0.247 e. The third-order valence-corrected chi connectivity index (χ3v) is 3.70. The first kappa shape index (κ1) is 15.0. The molecule has 104 valence electrons. The van der Waals surface area contributed by atoms with Crippen LogP contribution in [0.15, 0.2) is 0 Å². The fourth-order valence-electron chi connectivity index (χ4n) is 2.03. The molecule has 18 heavy (non-hydrogen) atoms. The van der Waals surface area contributed by atoms with Crippen molar-refractivity contribution in [3.05, 3.63) is 0 Å². The number of rotatable bonds is 6. The Morgan fingerprint density at radius 3 is 2.50 bits per heavy atom. The lowest BCUT2D eigenvalue weighted by Gasteiger charge is -2.10. The van der Waals surface area contributed by atoms with E-state index in [-0.39, 0.29) is 5.92 Å². The highest BCUT2D eigenvalue weighted by Gasteiger charge is 2.57. The Hall–Kier alpha value is -1.06. The van der Waals surface area contributed by atoms with Crippen LogP contribution < -0.4 is 0 Å². The van der Waals surface area contributed by atoms with Crippen molar-refractivity contribution in [3.63, 3.8) is 0 Å². The molecule has 1 aliphatic carbocycles. The molecule has 0 radical (unpaired) electrons. The van der Waals surface area contributed by atoms with Crippen molar-refractivity contribution in [1.29, 1.82) is 0 Å². The highest BCUT2D eigenvalue weighted by atomic mass is 17.2. The van der Waals surface area contributed by atoms with Gasteiger partial charge >= 0.3 is 11.9 Å². The van der Waals surface area contributed by atoms with Crippen LogP contribution in [0.1, 0.15) is 59.8 Å². The lowest BCUT2D eigenvalue weighted by Crippen LogP contribution is -2.22. The average Bonchev–Trinajstić information content (AvgIpc) is 2.98. The summed E-state index contributed by atoms with van der Waals surface area (Å²) in [7, 11) is 0. The first-order valence-electron chi connectivity index (χ1n) is 6.84. The molecule has 0 aromatic carbocycles. The van der Waals surface area contributed by atoms with Crippen LogP contribution in [0, 0.1) is 17.3 Å². The summed E-state index contributed by atoms with van der Waals surface area (Å²) in [5, 5.41) is 0. The van der Waals surface area contributed by atoms with E-state index in [0.717, 1.165) is 19.3 Å². The van der Waals surface area contributed by atoms with Gasteiger partial charge < -0.3 is 0 Å². The summed E-state index contributed by atoms with van der Waals surface area (Å²) in [6.45, 7) is 7.44. The van der Waals surface area contributed by atoms with Gasteiger partial charge in [0.05, 0.1) is 11.3 Å². The molecule has 0 heterocycles. The highest BCUT2D eigenvalue weighted by molar-refractivity contribution is 5.81. The van der Waals surface area contributed by atoms with Crippen molar-refractivity contribution in [2.45, 2.75) is 59.8 Å². The summed E-state index contributed by atoms with van der Waals surface area (Å²) >= 11 is 0. The fourth-order valence-corrected chi connectivity index (χ4v) is 2.03. The minimum absolute atomic E-state index is 0.287. The largest absolute Gasteiger partial charge is 0.361 e. The van der Waals surface area contributed by atoms with Gasteiger partial charge in [0, 0.05) is 0 Å².